The summed E-state index contributed by atoms with van der Waals surface area (Å²) in [5, 5.41) is 3.10. The van der Waals surface area contributed by atoms with E-state index in [1.165, 1.54) is 25.3 Å². The standard InChI is InChI=1S/C16H17F2NO/c1-10-6-12(17)8-13(7-10)19-11(2)15-5-4-14(20-3)9-16(15)18/h4-9,11,19H,1-3H3. The first-order valence-electron chi connectivity index (χ1n) is 6.37. The van der Waals surface area contributed by atoms with Gasteiger partial charge in [0.2, 0.25) is 0 Å². The fraction of sp³-hybridized carbons (Fsp3) is 0.250. The average molecular weight is 277 g/mol. The minimum atomic E-state index is -0.350. The van der Waals surface area contributed by atoms with E-state index in [4.69, 9.17) is 4.74 Å². The predicted octanol–water partition coefficient (Wildman–Crippen LogP) is 4.45. The molecule has 0 radical (unpaired) electrons. The topological polar surface area (TPSA) is 21.3 Å². The van der Waals surface area contributed by atoms with E-state index in [0.29, 0.717) is 17.0 Å². The first kappa shape index (κ1) is 14.3. The van der Waals surface area contributed by atoms with Crippen LogP contribution in [0.5, 0.6) is 5.75 Å². The van der Waals surface area contributed by atoms with E-state index < -0.39 is 0 Å². The maximum Gasteiger partial charge on any atom is 0.132 e. The van der Waals surface area contributed by atoms with E-state index in [0.717, 1.165) is 5.56 Å². The monoisotopic (exact) mass is 277 g/mol. The number of methoxy groups -OCH3 is 1. The van der Waals surface area contributed by atoms with Crippen molar-refractivity contribution in [3.63, 3.8) is 0 Å². The molecule has 4 heteroatoms. The lowest BCUT2D eigenvalue weighted by Crippen LogP contribution is -2.09. The van der Waals surface area contributed by atoms with Crippen molar-refractivity contribution in [3.05, 3.63) is 59.2 Å². The molecule has 0 aliphatic carbocycles. The van der Waals surface area contributed by atoms with Crippen LogP contribution < -0.4 is 10.1 Å². The van der Waals surface area contributed by atoms with Crippen molar-refractivity contribution in [2.45, 2.75) is 19.9 Å². The third-order valence-electron chi connectivity index (χ3n) is 3.10. The number of hydrogen-bond donors (Lipinski definition) is 1. The Bertz CT molecular complexity index is 593. The molecule has 20 heavy (non-hydrogen) atoms. The van der Waals surface area contributed by atoms with Gasteiger partial charge in [0.15, 0.2) is 0 Å². The number of nitrogens with one attached hydrogen (secondary N) is 1. The third kappa shape index (κ3) is 3.26. The molecule has 106 valence electrons. The smallest absolute Gasteiger partial charge is 0.132 e. The summed E-state index contributed by atoms with van der Waals surface area (Å²) in [5.41, 5.74) is 1.95. The summed E-state index contributed by atoms with van der Waals surface area (Å²) >= 11 is 0. The molecule has 2 aromatic carbocycles. The molecular weight excluding hydrogens is 260 g/mol. The summed E-state index contributed by atoms with van der Waals surface area (Å²) in [4.78, 5) is 0. The zero-order chi connectivity index (χ0) is 14.7. The minimum Gasteiger partial charge on any atom is -0.497 e. The van der Waals surface area contributed by atoms with E-state index in [2.05, 4.69) is 5.32 Å². The molecule has 0 aliphatic rings. The Kier molecular flexibility index (Phi) is 4.23. The second-order valence-corrected chi connectivity index (χ2v) is 4.77. The van der Waals surface area contributed by atoms with Gasteiger partial charge in [0.1, 0.15) is 17.4 Å². The number of ether oxygens (including phenoxy) is 1. The fourth-order valence-electron chi connectivity index (χ4n) is 2.13. The number of hydrogen-bond acceptors (Lipinski definition) is 2. The quantitative estimate of drug-likeness (QED) is 0.891. The maximum absolute atomic E-state index is 14.0. The van der Waals surface area contributed by atoms with Crippen molar-refractivity contribution < 1.29 is 13.5 Å². The van der Waals surface area contributed by atoms with Gasteiger partial charge in [-0.15, -0.1) is 0 Å². The Labute approximate surface area is 117 Å². The van der Waals surface area contributed by atoms with Gasteiger partial charge < -0.3 is 10.1 Å². The fourth-order valence-corrected chi connectivity index (χ4v) is 2.13. The molecule has 0 saturated carbocycles. The molecule has 2 nitrogen and oxygen atoms in total. The van der Waals surface area contributed by atoms with Gasteiger partial charge in [-0.05, 0) is 43.7 Å². The first-order chi connectivity index (χ1) is 9.49. The molecule has 2 aromatic rings. The normalized spacial score (nSPS) is 12.1. The molecule has 1 unspecified atom stereocenters. The molecule has 0 spiro atoms. The van der Waals surface area contributed by atoms with Crippen LogP contribution in [0.1, 0.15) is 24.1 Å². The van der Waals surface area contributed by atoms with E-state index in [-0.39, 0.29) is 17.7 Å². The highest BCUT2D eigenvalue weighted by atomic mass is 19.1. The number of benzene rings is 2. The van der Waals surface area contributed by atoms with Gasteiger partial charge in [-0.2, -0.15) is 0 Å². The zero-order valence-corrected chi connectivity index (χ0v) is 11.7. The molecule has 0 bridgehead atoms. The molecule has 0 heterocycles. The molecule has 0 aromatic heterocycles. The highest BCUT2D eigenvalue weighted by Gasteiger charge is 2.12. The van der Waals surface area contributed by atoms with Crippen LogP contribution >= 0.6 is 0 Å². The van der Waals surface area contributed by atoms with E-state index in [9.17, 15) is 8.78 Å². The van der Waals surface area contributed by atoms with E-state index in [1.54, 1.807) is 12.1 Å². The van der Waals surface area contributed by atoms with Crippen LogP contribution in [0.25, 0.3) is 0 Å². The molecule has 1 N–H and O–H groups in total. The molecule has 0 aliphatic heterocycles. The molecule has 2 rings (SSSR count). The summed E-state index contributed by atoms with van der Waals surface area (Å²) in [6.07, 6.45) is 0. The summed E-state index contributed by atoms with van der Waals surface area (Å²) in [7, 11) is 1.49. The van der Waals surface area contributed by atoms with Crippen LogP contribution in [0.3, 0.4) is 0 Å². The van der Waals surface area contributed by atoms with Crippen LogP contribution in [0.15, 0.2) is 36.4 Å². The Morgan fingerprint density at radius 3 is 2.45 bits per heavy atom. The predicted molar refractivity (Wildman–Crippen MR) is 76.1 cm³/mol. The average Bonchev–Trinajstić information content (AvgIpc) is 2.36. The van der Waals surface area contributed by atoms with Crippen molar-refractivity contribution in [3.8, 4) is 5.75 Å². The number of halogens is 2. The maximum atomic E-state index is 14.0. The van der Waals surface area contributed by atoms with E-state index in [1.807, 2.05) is 19.9 Å². The van der Waals surface area contributed by atoms with E-state index >= 15 is 0 Å². The van der Waals surface area contributed by atoms with Gasteiger partial charge >= 0.3 is 0 Å². The Balaban J connectivity index is 2.21. The zero-order valence-electron chi connectivity index (χ0n) is 11.7. The Hall–Kier alpha value is -2.10. The van der Waals surface area contributed by atoms with Crippen LogP contribution in [-0.4, -0.2) is 7.11 Å². The third-order valence-corrected chi connectivity index (χ3v) is 3.10. The summed E-state index contributed by atoms with van der Waals surface area (Å²) in [6.45, 7) is 3.64. The summed E-state index contributed by atoms with van der Waals surface area (Å²) in [5.74, 6) is -0.188. The Morgan fingerprint density at radius 2 is 1.85 bits per heavy atom. The SMILES string of the molecule is COc1ccc(C(C)Nc2cc(C)cc(F)c2)c(F)c1. The lowest BCUT2D eigenvalue weighted by Gasteiger charge is -2.17. The second-order valence-electron chi connectivity index (χ2n) is 4.77. The van der Waals surface area contributed by atoms with Gasteiger partial charge in [-0.3, -0.25) is 0 Å². The van der Waals surface area contributed by atoms with Crippen molar-refractivity contribution in [1.29, 1.82) is 0 Å². The van der Waals surface area contributed by atoms with Crippen LogP contribution in [-0.2, 0) is 0 Å². The molecule has 1 atom stereocenters. The lowest BCUT2D eigenvalue weighted by molar-refractivity contribution is 0.410. The number of aryl methyl sites for hydroxylation is 1. The summed E-state index contributed by atoms with van der Waals surface area (Å²) < 4.78 is 32.3. The minimum absolute atomic E-state index is 0.276. The molecule has 0 saturated heterocycles. The van der Waals surface area contributed by atoms with Crippen molar-refractivity contribution >= 4 is 5.69 Å². The van der Waals surface area contributed by atoms with Crippen molar-refractivity contribution in [1.82, 2.24) is 0 Å². The lowest BCUT2D eigenvalue weighted by atomic mass is 10.1. The largest absolute Gasteiger partial charge is 0.497 e. The first-order valence-corrected chi connectivity index (χ1v) is 6.37. The van der Waals surface area contributed by atoms with Crippen LogP contribution in [0.2, 0.25) is 0 Å². The van der Waals surface area contributed by atoms with Gasteiger partial charge in [-0.25, -0.2) is 8.78 Å². The molecular formula is C16H17F2NO. The summed E-state index contributed by atoms with van der Waals surface area (Å²) in [6, 6.07) is 9.09. The van der Waals surface area contributed by atoms with Crippen LogP contribution in [0.4, 0.5) is 14.5 Å². The Morgan fingerprint density at radius 1 is 1.10 bits per heavy atom. The second kappa shape index (κ2) is 5.90. The van der Waals surface area contributed by atoms with Crippen molar-refractivity contribution in [2.75, 3.05) is 12.4 Å². The number of rotatable bonds is 4. The van der Waals surface area contributed by atoms with Gasteiger partial charge in [0.25, 0.3) is 0 Å². The highest BCUT2D eigenvalue weighted by Crippen LogP contribution is 2.25. The van der Waals surface area contributed by atoms with Crippen molar-refractivity contribution in [2.24, 2.45) is 0 Å². The highest BCUT2D eigenvalue weighted by molar-refractivity contribution is 5.48. The molecule has 0 amide bonds. The molecule has 0 fully saturated rings. The van der Waals surface area contributed by atoms with Gasteiger partial charge in [0.05, 0.1) is 13.2 Å². The van der Waals surface area contributed by atoms with Crippen LogP contribution in [0, 0.1) is 18.6 Å². The number of anilines is 1. The van der Waals surface area contributed by atoms with Gasteiger partial charge in [-0.1, -0.05) is 6.07 Å². The van der Waals surface area contributed by atoms with Gasteiger partial charge in [0, 0.05) is 17.3 Å².